The van der Waals surface area contributed by atoms with E-state index in [1.807, 2.05) is 13.0 Å². The molecule has 0 radical (unpaired) electrons. The van der Waals surface area contributed by atoms with E-state index in [9.17, 15) is 5.11 Å². The van der Waals surface area contributed by atoms with Crippen molar-refractivity contribution in [1.29, 1.82) is 0 Å². The van der Waals surface area contributed by atoms with Crippen LogP contribution in [0.25, 0.3) is 0 Å². The van der Waals surface area contributed by atoms with Gasteiger partial charge in [-0.25, -0.2) is 0 Å². The minimum atomic E-state index is -0.726. The average molecular weight is 223 g/mol. The van der Waals surface area contributed by atoms with Gasteiger partial charge < -0.3 is 9.52 Å². The van der Waals surface area contributed by atoms with Crippen molar-refractivity contribution in [2.45, 2.75) is 13.0 Å². The molecule has 0 aliphatic carbocycles. The molecule has 2 aromatic rings. The number of aliphatic hydroxyl groups excluding tert-OH is 1. The molecule has 0 saturated heterocycles. The Kier molecular flexibility index (Phi) is 2.80. The Bertz CT molecular complexity index is 449. The Morgan fingerprint density at radius 2 is 2.13 bits per heavy atom. The average Bonchev–Trinajstić information content (AvgIpc) is 2.74. The van der Waals surface area contributed by atoms with Gasteiger partial charge >= 0.3 is 0 Å². The molecule has 0 fully saturated rings. The monoisotopic (exact) mass is 222 g/mol. The molecule has 78 valence electrons. The largest absolute Gasteiger partial charge is 0.466 e. The second-order valence-electron chi connectivity index (χ2n) is 3.43. The Morgan fingerprint density at radius 3 is 2.73 bits per heavy atom. The predicted octanol–water partition coefficient (Wildman–Crippen LogP) is 3.32. The summed E-state index contributed by atoms with van der Waals surface area (Å²) in [7, 11) is 0. The molecule has 1 aromatic carbocycles. The molecule has 0 bridgehead atoms. The van der Waals surface area contributed by atoms with E-state index < -0.39 is 6.10 Å². The zero-order chi connectivity index (χ0) is 10.8. The highest BCUT2D eigenvalue weighted by atomic mass is 35.5. The molecule has 2 rings (SSSR count). The summed E-state index contributed by atoms with van der Waals surface area (Å²) < 4.78 is 5.14. The zero-order valence-electron chi connectivity index (χ0n) is 8.27. The van der Waals surface area contributed by atoms with Gasteiger partial charge in [0.1, 0.15) is 11.9 Å². The van der Waals surface area contributed by atoms with Crippen molar-refractivity contribution in [3.8, 4) is 0 Å². The van der Waals surface area contributed by atoms with Crippen LogP contribution in [0.3, 0.4) is 0 Å². The molecule has 0 amide bonds. The minimum absolute atomic E-state index is 0.539. The topological polar surface area (TPSA) is 33.4 Å². The van der Waals surface area contributed by atoms with Gasteiger partial charge in [-0.3, -0.25) is 0 Å². The van der Waals surface area contributed by atoms with Crippen molar-refractivity contribution in [1.82, 2.24) is 0 Å². The van der Waals surface area contributed by atoms with Crippen molar-refractivity contribution >= 4 is 11.6 Å². The summed E-state index contributed by atoms with van der Waals surface area (Å²) in [6, 6.07) is 8.92. The van der Waals surface area contributed by atoms with Crippen molar-refractivity contribution in [3.63, 3.8) is 0 Å². The maximum atomic E-state index is 9.96. The fourth-order valence-corrected chi connectivity index (χ4v) is 1.57. The molecule has 0 saturated carbocycles. The highest BCUT2D eigenvalue weighted by Gasteiger charge is 2.13. The van der Waals surface area contributed by atoms with Crippen LogP contribution in [0.1, 0.15) is 23.0 Å². The van der Waals surface area contributed by atoms with Crippen LogP contribution in [0.4, 0.5) is 0 Å². The van der Waals surface area contributed by atoms with Gasteiger partial charge in [-0.1, -0.05) is 23.7 Å². The van der Waals surface area contributed by atoms with Crippen LogP contribution < -0.4 is 0 Å². The van der Waals surface area contributed by atoms with E-state index in [4.69, 9.17) is 16.0 Å². The van der Waals surface area contributed by atoms with Crippen LogP contribution in [0.15, 0.2) is 41.0 Å². The number of hydrogen-bond acceptors (Lipinski definition) is 2. The molecule has 1 atom stereocenters. The van der Waals surface area contributed by atoms with Crippen LogP contribution in [0.2, 0.25) is 5.02 Å². The fourth-order valence-electron chi connectivity index (χ4n) is 1.45. The standard InChI is InChI=1S/C12H11ClO2/c1-8-7-9(4-5-10(8)13)12(14)11-3-2-6-15-11/h2-7,12,14H,1H3. The van der Waals surface area contributed by atoms with Crippen molar-refractivity contribution in [2.75, 3.05) is 0 Å². The molecule has 1 aromatic heterocycles. The quantitative estimate of drug-likeness (QED) is 0.846. The van der Waals surface area contributed by atoms with Gasteiger partial charge in [0.15, 0.2) is 0 Å². The van der Waals surface area contributed by atoms with E-state index in [-0.39, 0.29) is 0 Å². The van der Waals surface area contributed by atoms with E-state index in [0.717, 1.165) is 11.1 Å². The number of aryl methyl sites for hydroxylation is 1. The summed E-state index contributed by atoms with van der Waals surface area (Å²) in [5.41, 5.74) is 1.73. The van der Waals surface area contributed by atoms with Crippen LogP contribution in [0, 0.1) is 6.92 Å². The molecule has 1 N–H and O–H groups in total. The van der Waals surface area contributed by atoms with E-state index in [1.165, 1.54) is 0 Å². The van der Waals surface area contributed by atoms with Crippen LogP contribution in [-0.4, -0.2) is 5.11 Å². The molecular formula is C12H11ClO2. The molecule has 1 unspecified atom stereocenters. The van der Waals surface area contributed by atoms with Gasteiger partial charge in [-0.15, -0.1) is 0 Å². The first-order valence-electron chi connectivity index (χ1n) is 4.66. The molecule has 2 nitrogen and oxygen atoms in total. The van der Waals surface area contributed by atoms with Gasteiger partial charge in [-0.2, -0.15) is 0 Å². The number of aliphatic hydroxyl groups is 1. The third-order valence-electron chi connectivity index (χ3n) is 2.31. The Hall–Kier alpha value is -1.25. The lowest BCUT2D eigenvalue weighted by Gasteiger charge is -2.09. The first-order valence-corrected chi connectivity index (χ1v) is 5.04. The molecule has 15 heavy (non-hydrogen) atoms. The summed E-state index contributed by atoms with van der Waals surface area (Å²) in [6.45, 7) is 1.90. The fraction of sp³-hybridized carbons (Fsp3) is 0.167. The minimum Gasteiger partial charge on any atom is -0.466 e. The van der Waals surface area contributed by atoms with Gasteiger partial charge in [0.2, 0.25) is 0 Å². The van der Waals surface area contributed by atoms with Gasteiger partial charge in [0.05, 0.1) is 6.26 Å². The molecule has 0 aliphatic rings. The van der Waals surface area contributed by atoms with E-state index in [0.29, 0.717) is 10.8 Å². The number of hydrogen-bond donors (Lipinski definition) is 1. The third-order valence-corrected chi connectivity index (χ3v) is 2.73. The number of rotatable bonds is 2. The van der Waals surface area contributed by atoms with Gasteiger partial charge in [0.25, 0.3) is 0 Å². The van der Waals surface area contributed by atoms with Crippen molar-refractivity contribution in [3.05, 3.63) is 58.5 Å². The zero-order valence-corrected chi connectivity index (χ0v) is 9.03. The number of benzene rings is 1. The highest BCUT2D eigenvalue weighted by Crippen LogP contribution is 2.25. The third kappa shape index (κ3) is 2.06. The summed E-state index contributed by atoms with van der Waals surface area (Å²) in [5, 5.41) is 10.7. The molecule has 0 spiro atoms. The summed E-state index contributed by atoms with van der Waals surface area (Å²) in [5.74, 6) is 0.539. The maximum absolute atomic E-state index is 9.96. The highest BCUT2D eigenvalue weighted by molar-refractivity contribution is 6.31. The molecule has 1 heterocycles. The van der Waals surface area contributed by atoms with Crippen LogP contribution >= 0.6 is 11.6 Å². The Balaban J connectivity index is 2.34. The second kappa shape index (κ2) is 4.09. The smallest absolute Gasteiger partial charge is 0.137 e. The van der Waals surface area contributed by atoms with Gasteiger partial charge in [-0.05, 0) is 36.2 Å². The van der Waals surface area contributed by atoms with E-state index in [2.05, 4.69) is 0 Å². The first-order chi connectivity index (χ1) is 7.18. The normalized spacial score (nSPS) is 12.7. The summed E-state index contributed by atoms with van der Waals surface area (Å²) in [6.07, 6.45) is 0.817. The molecule has 0 aliphatic heterocycles. The SMILES string of the molecule is Cc1cc(C(O)c2ccco2)ccc1Cl. The predicted molar refractivity (Wildman–Crippen MR) is 59.0 cm³/mol. The Labute approximate surface area is 93.1 Å². The first kappa shape index (κ1) is 10.3. The number of furan rings is 1. The molecular weight excluding hydrogens is 212 g/mol. The number of halogens is 1. The lowest BCUT2D eigenvalue weighted by Crippen LogP contribution is -1.98. The lowest BCUT2D eigenvalue weighted by molar-refractivity contribution is 0.189. The van der Waals surface area contributed by atoms with E-state index >= 15 is 0 Å². The maximum Gasteiger partial charge on any atom is 0.137 e. The van der Waals surface area contributed by atoms with Crippen molar-refractivity contribution < 1.29 is 9.52 Å². The van der Waals surface area contributed by atoms with Gasteiger partial charge in [0, 0.05) is 5.02 Å². The van der Waals surface area contributed by atoms with E-state index in [1.54, 1.807) is 30.5 Å². The second-order valence-corrected chi connectivity index (χ2v) is 3.83. The van der Waals surface area contributed by atoms with Crippen LogP contribution in [-0.2, 0) is 0 Å². The Morgan fingerprint density at radius 1 is 1.33 bits per heavy atom. The summed E-state index contributed by atoms with van der Waals surface area (Å²) >= 11 is 5.91. The molecule has 3 heteroatoms. The summed E-state index contributed by atoms with van der Waals surface area (Å²) in [4.78, 5) is 0. The van der Waals surface area contributed by atoms with Crippen LogP contribution in [0.5, 0.6) is 0 Å². The van der Waals surface area contributed by atoms with Crippen molar-refractivity contribution in [2.24, 2.45) is 0 Å². The lowest BCUT2D eigenvalue weighted by atomic mass is 10.1.